The van der Waals surface area contributed by atoms with Crippen molar-refractivity contribution < 1.29 is 22.7 Å². The highest BCUT2D eigenvalue weighted by Gasteiger charge is 2.33. The van der Waals surface area contributed by atoms with Gasteiger partial charge in [0.05, 0.1) is 18.1 Å². The lowest BCUT2D eigenvalue weighted by Crippen LogP contribution is -2.38. The summed E-state index contributed by atoms with van der Waals surface area (Å²) in [4.78, 5) is 26.0. The second-order valence-electron chi connectivity index (χ2n) is 5.80. The summed E-state index contributed by atoms with van der Waals surface area (Å²) < 4.78 is 28.0. The van der Waals surface area contributed by atoms with Gasteiger partial charge in [-0.3, -0.25) is 9.59 Å². The topological polar surface area (TPSA) is 92.8 Å². The van der Waals surface area contributed by atoms with E-state index in [1.807, 2.05) is 0 Å². The largest absolute Gasteiger partial charge is 0.383 e. The zero-order valence-electron chi connectivity index (χ0n) is 13.8. The van der Waals surface area contributed by atoms with Crippen LogP contribution in [0.4, 0.5) is 0 Å². The Hall–Kier alpha value is -1.93. The molecule has 0 bridgehead atoms. The van der Waals surface area contributed by atoms with Crippen molar-refractivity contribution in [1.82, 2.24) is 10.2 Å². The van der Waals surface area contributed by atoms with Crippen molar-refractivity contribution in [3.63, 3.8) is 0 Å². The van der Waals surface area contributed by atoms with Gasteiger partial charge in [-0.05, 0) is 24.6 Å². The number of amides is 2. The van der Waals surface area contributed by atoms with Gasteiger partial charge in [-0.2, -0.15) is 0 Å². The molecule has 0 radical (unpaired) electrons. The van der Waals surface area contributed by atoms with Gasteiger partial charge in [0.25, 0.3) is 11.8 Å². The average molecular weight is 354 g/mol. The first-order valence-corrected chi connectivity index (χ1v) is 9.51. The van der Waals surface area contributed by atoms with Crippen LogP contribution in [-0.2, 0) is 14.6 Å². The van der Waals surface area contributed by atoms with E-state index in [4.69, 9.17) is 4.74 Å². The Morgan fingerprint density at radius 3 is 2.67 bits per heavy atom. The number of carbonyl (C=O) groups is 2. The van der Waals surface area contributed by atoms with Gasteiger partial charge >= 0.3 is 0 Å². The monoisotopic (exact) mass is 354 g/mol. The van der Waals surface area contributed by atoms with E-state index in [0.717, 1.165) is 0 Å². The lowest BCUT2D eigenvalue weighted by Gasteiger charge is -2.23. The van der Waals surface area contributed by atoms with Crippen LogP contribution in [0, 0.1) is 0 Å². The maximum absolute atomic E-state index is 12.6. The van der Waals surface area contributed by atoms with Crippen LogP contribution in [0.1, 0.15) is 27.1 Å². The molecule has 1 unspecified atom stereocenters. The minimum atomic E-state index is -3.06. The number of hydrogen-bond acceptors (Lipinski definition) is 5. The van der Waals surface area contributed by atoms with Crippen LogP contribution >= 0.6 is 0 Å². The number of rotatable bonds is 6. The van der Waals surface area contributed by atoms with Crippen molar-refractivity contribution in [2.75, 3.05) is 38.8 Å². The van der Waals surface area contributed by atoms with Gasteiger partial charge in [-0.25, -0.2) is 8.42 Å². The van der Waals surface area contributed by atoms with Crippen molar-refractivity contribution in [1.29, 1.82) is 0 Å². The molecule has 7 nitrogen and oxygen atoms in total. The lowest BCUT2D eigenvalue weighted by molar-refractivity contribution is 0.0747. The summed E-state index contributed by atoms with van der Waals surface area (Å²) in [5.74, 6) is -0.472. The highest BCUT2D eigenvalue weighted by molar-refractivity contribution is 7.91. The number of methoxy groups -OCH3 is 1. The molecule has 1 fully saturated rings. The minimum Gasteiger partial charge on any atom is -0.383 e. The molecular formula is C16H22N2O5S. The minimum absolute atomic E-state index is 0.00751. The Kier molecular flexibility index (Phi) is 5.95. The molecule has 8 heteroatoms. The number of sulfone groups is 1. The zero-order chi connectivity index (χ0) is 17.7. The summed E-state index contributed by atoms with van der Waals surface area (Å²) >= 11 is 0. The molecule has 24 heavy (non-hydrogen) atoms. The average Bonchev–Trinajstić information content (AvgIpc) is 2.93. The lowest BCUT2D eigenvalue weighted by atomic mass is 10.1. The van der Waals surface area contributed by atoms with E-state index in [9.17, 15) is 18.0 Å². The van der Waals surface area contributed by atoms with Crippen LogP contribution in [0.15, 0.2) is 24.3 Å². The Morgan fingerprint density at radius 2 is 2.04 bits per heavy atom. The van der Waals surface area contributed by atoms with Gasteiger partial charge in [0.1, 0.15) is 0 Å². The highest BCUT2D eigenvalue weighted by atomic mass is 32.2. The van der Waals surface area contributed by atoms with Crippen LogP contribution in [0.2, 0.25) is 0 Å². The predicted molar refractivity (Wildman–Crippen MR) is 89.8 cm³/mol. The van der Waals surface area contributed by atoms with E-state index in [1.54, 1.807) is 32.4 Å². The van der Waals surface area contributed by atoms with Gasteiger partial charge in [0.15, 0.2) is 9.84 Å². The van der Waals surface area contributed by atoms with Gasteiger partial charge in [0, 0.05) is 37.9 Å². The summed E-state index contributed by atoms with van der Waals surface area (Å²) in [5.41, 5.74) is 0.741. The van der Waals surface area contributed by atoms with Crippen molar-refractivity contribution >= 4 is 21.7 Å². The summed E-state index contributed by atoms with van der Waals surface area (Å²) in [5, 5.41) is 2.69. The van der Waals surface area contributed by atoms with Crippen molar-refractivity contribution in [3.05, 3.63) is 35.4 Å². The first-order chi connectivity index (χ1) is 11.3. The number of nitrogens with one attached hydrogen (secondary N) is 1. The second kappa shape index (κ2) is 7.76. The number of nitrogens with zero attached hydrogens (tertiary/aromatic N) is 1. The van der Waals surface area contributed by atoms with Crippen LogP contribution in [-0.4, -0.2) is 70.0 Å². The number of hydrogen-bond donors (Lipinski definition) is 1. The summed E-state index contributed by atoms with van der Waals surface area (Å²) in [6.07, 6.45) is 0.446. The highest BCUT2D eigenvalue weighted by Crippen LogP contribution is 2.19. The van der Waals surface area contributed by atoms with E-state index < -0.39 is 9.84 Å². The molecule has 1 saturated heterocycles. The molecule has 0 spiro atoms. The van der Waals surface area contributed by atoms with Crippen LogP contribution < -0.4 is 5.32 Å². The molecule has 1 aliphatic heterocycles. The van der Waals surface area contributed by atoms with Crippen LogP contribution in [0.3, 0.4) is 0 Å². The molecule has 1 aromatic rings. The third-order valence-corrected chi connectivity index (χ3v) is 5.79. The Bertz CT molecular complexity index is 717. The molecule has 0 aliphatic carbocycles. The SMILES string of the molecule is COCCNC(=O)c1cccc(C(=O)N(C)C2CCS(=O)(=O)C2)c1. The fourth-order valence-electron chi connectivity index (χ4n) is 2.61. The summed E-state index contributed by atoms with van der Waals surface area (Å²) in [6, 6.07) is 6.08. The van der Waals surface area contributed by atoms with Crippen LogP contribution in [0.5, 0.6) is 0 Å². The second-order valence-corrected chi connectivity index (χ2v) is 8.03. The van der Waals surface area contributed by atoms with E-state index >= 15 is 0 Å². The quantitative estimate of drug-likeness (QED) is 0.743. The molecule has 1 aromatic carbocycles. The molecule has 1 aliphatic rings. The third-order valence-electron chi connectivity index (χ3n) is 4.04. The van der Waals surface area contributed by atoms with Gasteiger partial charge in [-0.1, -0.05) is 6.07 Å². The van der Waals surface area contributed by atoms with Gasteiger partial charge < -0.3 is 15.0 Å². The van der Waals surface area contributed by atoms with Crippen molar-refractivity contribution in [2.24, 2.45) is 0 Å². The Morgan fingerprint density at radius 1 is 1.33 bits per heavy atom. The van der Waals surface area contributed by atoms with E-state index in [2.05, 4.69) is 5.32 Å². The van der Waals surface area contributed by atoms with Crippen molar-refractivity contribution in [2.45, 2.75) is 12.5 Å². The number of benzene rings is 1. The first kappa shape index (κ1) is 18.4. The Balaban J connectivity index is 2.07. The number of carbonyl (C=O) groups excluding carboxylic acids is 2. The molecule has 2 rings (SSSR count). The van der Waals surface area contributed by atoms with Gasteiger partial charge in [-0.15, -0.1) is 0 Å². The third kappa shape index (κ3) is 4.55. The zero-order valence-corrected chi connectivity index (χ0v) is 14.6. The molecule has 1 heterocycles. The fraction of sp³-hybridized carbons (Fsp3) is 0.500. The summed E-state index contributed by atoms with van der Waals surface area (Å²) in [6.45, 7) is 0.788. The molecule has 1 N–H and O–H groups in total. The number of ether oxygens (including phenoxy) is 1. The molecule has 2 amide bonds. The fourth-order valence-corrected chi connectivity index (χ4v) is 4.39. The molecule has 0 saturated carbocycles. The van der Waals surface area contributed by atoms with E-state index in [-0.39, 0.29) is 29.4 Å². The maximum atomic E-state index is 12.6. The molecule has 0 aromatic heterocycles. The standard InChI is InChI=1S/C16H22N2O5S/c1-18(14-6-9-24(21,22)11-14)16(20)13-5-3-4-12(10-13)15(19)17-7-8-23-2/h3-5,10,14H,6-9,11H2,1-2H3,(H,17,19). The maximum Gasteiger partial charge on any atom is 0.253 e. The first-order valence-electron chi connectivity index (χ1n) is 7.69. The summed E-state index contributed by atoms with van der Waals surface area (Å²) in [7, 11) is 0.0821. The van der Waals surface area contributed by atoms with Gasteiger partial charge in [0.2, 0.25) is 0 Å². The smallest absolute Gasteiger partial charge is 0.253 e. The predicted octanol–water partition coefficient (Wildman–Crippen LogP) is 0.322. The van der Waals surface area contributed by atoms with Crippen molar-refractivity contribution in [3.8, 4) is 0 Å². The van der Waals surface area contributed by atoms with E-state index in [0.29, 0.717) is 30.7 Å². The van der Waals surface area contributed by atoms with Crippen LogP contribution in [0.25, 0.3) is 0 Å². The Labute approximate surface area is 141 Å². The normalized spacial score (nSPS) is 19.0. The molecule has 1 atom stereocenters. The van der Waals surface area contributed by atoms with E-state index in [1.165, 1.54) is 11.0 Å². The molecule has 132 valence electrons. The molecular weight excluding hydrogens is 332 g/mol.